The van der Waals surface area contributed by atoms with Crippen LogP contribution in [0.3, 0.4) is 0 Å². The van der Waals surface area contributed by atoms with Gasteiger partial charge < -0.3 is 15.7 Å². The summed E-state index contributed by atoms with van der Waals surface area (Å²) < 4.78 is 0. The van der Waals surface area contributed by atoms with E-state index in [4.69, 9.17) is 5.73 Å². The van der Waals surface area contributed by atoms with Crippen molar-refractivity contribution < 1.29 is 5.11 Å². The highest BCUT2D eigenvalue weighted by atomic mass is 32.1. The summed E-state index contributed by atoms with van der Waals surface area (Å²) in [7, 11) is 1.88. The van der Waals surface area contributed by atoms with E-state index in [-0.39, 0.29) is 5.95 Å². The number of aromatic nitrogens is 2. The van der Waals surface area contributed by atoms with Crippen LogP contribution in [0.2, 0.25) is 0 Å². The minimum absolute atomic E-state index is 0.266. The molecule has 86 valence electrons. The molecule has 0 saturated carbocycles. The Hall–Kier alpha value is -1.40. The maximum atomic E-state index is 9.36. The Bertz CT molecular complexity index is 497. The van der Waals surface area contributed by atoms with Gasteiger partial charge in [-0.25, -0.2) is 4.98 Å². The fourth-order valence-corrected chi connectivity index (χ4v) is 2.40. The van der Waals surface area contributed by atoms with Crippen LogP contribution in [0.15, 0.2) is 11.4 Å². The van der Waals surface area contributed by atoms with Gasteiger partial charge in [-0.1, -0.05) is 0 Å². The van der Waals surface area contributed by atoms with Crippen molar-refractivity contribution in [3.8, 4) is 0 Å². The van der Waals surface area contributed by atoms with Crippen molar-refractivity contribution in [2.45, 2.75) is 13.0 Å². The van der Waals surface area contributed by atoms with E-state index in [0.29, 0.717) is 6.54 Å². The van der Waals surface area contributed by atoms with Gasteiger partial charge in [0, 0.05) is 13.6 Å². The molecule has 0 radical (unpaired) electrons. The molecule has 2 aromatic rings. The SMILES string of the molecule is CC(O)CN(C)c1nc(N)nc2sccc12. The summed E-state index contributed by atoms with van der Waals surface area (Å²) in [6.07, 6.45) is -0.408. The van der Waals surface area contributed by atoms with Crippen LogP contribution < -0.4 is 10.6 Å². The molecule has 2 rings (SSSR count). The average Bonchev–Trinajstić information content (AvgIpc) is 2.62. The summed E-state index contributed by atoms with van der Waals surface area (Å²) in [4.78, 5) is 11.1. The van der Waals surface area contributed by atoms with Gasteiger partial charge in [0.15, 0.2) is 0 Å². The van der Waals surface area contributed by atoms with Crippen LogP contribution in [0.25, 0.3) is 10.2 Å². The van der Waals surface area contributed by atoms with Crippen molar-refractivity contribution in [2.24, 2.45) is 0 Å². The molecule has 2 aromatic heterocycles. The van der Waals surface area contributed by atoms with Gasteiger partial charge in [0.1, 0.15) is 10.6 Å². The van der Waals surface area contributed by atoms with E-state index in [1.54, 1.807) is 6.92 Å². The molecule has 0 aromatic carbocycles. The van der Waals surface area contributed by atoms with E-state index < -0.39 is 6.10 Å². The molecule has 2 heterocycles. The van der Waals surface area contributed by atoms with Gasteiger partial charge >= 0.3 is 0 Å². The summed E-state index contributed by atoms with van der Waals surface area (Å²) >= 11 is 1.53. The van der Waals surface area contributed by atoms with Crippen LogP contribution in [-0.2, 0) is 0 Å². The predicted octanol–water partition coefficient (Wildman–Crippen LogP) is 1.09. The Labute approximate surface area is 97.5 Å². The highest BCUT2D eigenvalue weighted by molar-refractivity contribution is 7.16. The molecule has 6 heteroatoms. The maximum absolute atomic E-state index is 9.36. The standard InChI is InChI=1S/C10H14N4OS/c1-6(15)5-14(2)8-7-3-4-16-9(7)13-10(11)12-8/h3-4,6,15H,5H2,1-2H3,(H2,11,12,13). The summed E-state index contributed by atoms with van der Waals surface area (Å²) in [5, 5.41) is 12.3. The number of anilines is 2. The number of aliphatic hydroxyl groups excluding tert-OH is 1. The van der Waals surface area contributed by atoms with E-state index in [2.05, 4.69) is 9.97 Å². The zero-order valence-corrected chi connectivity index (χ0v) is 10.0. The molecule has 5 nitrogen and oxygen atoms in total. The molecule has 0 spiro atoms. The number of nitrogens with two attached hydrogens (primary N) is 1. The van der Waals surface area contributed by atoms with Gasteiger partial charge in [-0.3, -0.25) is 0 Å². The van der Waals surface area contributed by atoms with Crippen LogP contribution in [-0.4, -0.2) is 34.8 Å². The Morgan fingerprint density at radius 3 is 3.00 bits per heavy atom. The van der Waals surface area contributed by atoms with E-state index in [0.717, 1.165) is 16.0 Å². The minimum atomic E-state index is -0.408. The Kier molecular flexibility index (Phi) is 2.93. The molecule has 0 bridgehead atoms. The van der Waals surface area contributed by atoms with E-state index in [1.807, 2.05) is 23.4 Å². The van der Waals surface area contributed by atoms with Crippen LogP contribution in [0.5, 0.6) is 0 Å². The van der Waals surface area contributed by atoms with Crippen molar-refractivity contribution in [1.29, 1.82) is 0 Å². The summed E-state index contributed by atoms with van der Waals surface area (Å²) in [5.41, 5.74) is 5.65. The monoisotopic (exact) mass is 238 g/mol. The second kappa shape index (κ2) is 4.23. The Morgan fingerprint density at radius 2 is 2.31 bits per heavy atom. The Balaban J connectivity index is 2.45. The van der Waals surface area contributed by atoms with Gasteiger partial charge in [-0.15, -0.1) is 11.3 Å². The lowest BCUT2D eigenvalue weighted by Crippen LogP contribution is -2.28. The van der Waals surface area contributed by atoms with Gasteiger partial charge in [0.25, 0.3) is 0 Å². The average molecular weight is 238 g/mol. The van der Waals surface area contributed by atoms with E-state index in [9.17, 15) is 5.11 Å². The third-order valence-electron chi connectivity index (χ3n) is 2.22. The number of thiophene rings is 1. The number of hydrogen-bond acceptors (Lipinski definition) is 6. The molecule has 3 N–H and O–H groups in total. The number of aliphatic hydroxyl groups is 1. The summed E-state index contributed by atoms with van der Waals surface area (Å²) in [6, 6.07) is 1.97. The topological polar surface area (TPSA) is 75.3 Å². The number of nitrogen functional groups attached to an aromatic ring is 1. The van der Waals surface area contributed by atoms with E-state index in [1.165, 1.54) is 11.3 Å². The van der Waals surface area contributed by atoms with Crippen LogP contribution in [0.1, 0.15) is 6.92 Å². The zero-order chi connectivity index (χ0) is 11.7. The maximum Gasteiger partial charge on any atom is 0.223 e. The number of hydrogen-bond donors (Lipinski definition) is 2. The number of fused-ring (bicyclic) bond motifs is 1. The first kappa shape index (κ1) is 11.1. The molecule has 0 amide bonds. The highest BCUT2D eigenvalue weighted by Crippen LogP contribution is 2.27. The van der Waals surface area contributed by atoms with Gasteiger partial charge in [0.05, 0.1) is 11.5 Å². The summed E-state index contributed by atoms with van der Waals surface area (Å²) in [6.45, 7) is 2.26. The van der Waals surface area contributed by atoms with Crippen LogP contribution >= 0.6 is 11.3 Å². The largest absolute Gasteiger partial charge is 0.392 e. The first-order valence-electron chi connectivity index (χ1n) is 4.98. The van der Waals surface area contributed by atoms with E-state index >= 15 is 0 Å². The fraction of sp³-hybridized carbons (Fsp3) is 0.400. The third-order valence-corrected chi connectivity index (χ3v) is 3.03. The molecule has 0 aliphatic heterocycles. The Morgan fingerprint density at radius 1 is 1.56 bits per heavy atom. The molecule has 0 aliphatic rings. The quantitative estimate of drug-likeness (QED) is 0.837. The molecular formula is C10H14N4OS. The lowest BCUT2D eigenvalue weighted by molar-refractivity contribution is 0.201. The van der Waals surface area contributed by atoms with Gasteiger partial charge in [-0.05, 0) is 18.4 Å². The van der Waals surface area contributed by atoms with Crippen molar-refractivity contribution in [3.63, 3.8) is 0 Å². The molecule has 1 unspecified atom stereocenters. The molecule has 1 atom stereocenters. The number of likely N-dealkylation sites (N-methyl/N-ethyl adjacent to an activating group) is 1. The van der Waals surface area contributed by atoms with Crippen molar-refractivity contribution in [3.05, 3.63) is 11.4 Å². The second-order valence-electron chi connectivity index (χ2n) is 3.77. The zero-order valence-electron chi connectivity index (χ0n) is 9.21. The molecule has 16 heavy (non-hydrogen) atoms. The minimum Gasteiger partial charge on any atom is -0.392 e. The van der Waals surface area contributed by atoms with Crippen molar-refractivity contribution in [2.75, 3.05) is 24.2 Å². The summed E-state index contributed by atoms with van der Waals surface area (Å²) in [5.74, 6) is 1.03. The smallest absolute Gasteiger partial charge is 0.223 e. The van der Waals surface area contributed by atoms with Crippen LogP contribution in [0, 0.1) is 0 Å². The lowest BCUT2D eigenvalue weighted by Gasteiger charge is -2.20. The van der Waals surface area contributed by atoms with Crippen molar-refractivity contribution >= 4 is 33.3 Å². The molecule has 0 fully saturated rings. The second-order valence-corrected chi connectivity index (χ2v) is 4.67. The number of rotatable bonds is 3. The normalized spacial score (nSPS) is 12.9. The molecular weight excluding hydrogens is 224 g/mol. The third kappa shape index (κ3) is 2.07. The van der Waals surface area contributed by atoms with Crippen LogP contribution in [0.4, 0.5) is 11.8 Å². The lowest BCUT2D eigenvalue weighted by atomic mass is 10.3. The van der Waals surface area contributed by atoms with Crippen molar-refractivity contribution in [1.82, 2.24) is 9.97 Å². The first-order chi connectivity index (χ1) is 7.58. The fourth-order valence-electron chi connectivity index (χ4n) is 1.63. The molecule has 0 aliphatic carbocycles. The molecule has 0 saturated heterocycles. The first-order valence-corrected chi connectivity index (χ1v) is 5.86. The highest BCUT2D eigenvalue weighted by Gasteiger charge is 2.12. The van der Waals surface area contributed by atoms with Gasteiger partial charge in [-0.2, -0.15) is 4.98 Å². The predicted molar refractivity (Wildman–Crippen MR) is 66.8 cm³/mol. The number of nitrogens with zero attached hydrogens (tertiary/aromatic N) is 3. The van der Waals surface area contributed by atoms with Gasteiger partial charge in [0.2, 0.25) is 5.95 Å².